The van der Waals surface area contributed by atoms with E-state index < -0.39 is 0 Å². The van der Waals surface area contributed by atoms with Crippen LogP contribution in [0.2, 0.25) is 0 Å². The number of nitrogens with zero attached hydrogens (tertiary/aromatic N) is 4. The van der Waals surface area contributed by atoms with Crippen LogP contribution in [0.3, 0.4) is 0 Å². The first-order valence-electron chi connectivity index (χ1n) is 25.2. The van der Waals surface area contributed by atoms with Crippen LogP contribution in [0.15, 0.2) is 264 Å². The third-order valence-corrected chi connectivity index (χ3v) is 14.7. The van der Waals surface area contributed by atoms with Crippen LogP contribution in [0.4, 0.5) is 0 Å². The first-order chi connectivity index (χ1) is 37.1. The fourth-order valence-electron chi connectivity index (χ4n) is 11.0. The molecule has 0 N–H and O–H groups in total. The van der Waals surface area contributed by atoms with Crippen molar-refractivity contribution in [3.8, 4) is 84.4 Å². The lowest BCUT2D eigenvalue weighted by molar-refractivity contribution is 0.668. The summed E-state index contributed by atoms with van der Waals surface area (Å²) >= 11 is 0. The molecule has 4 aromatic heterocycles. The Kier molecular flexibility index (Phi) is 9.78. The van der Waals surface area contributed by atoms with Crippen LogP contribution >= 0.6 is 0 Å². The summed E-state index contributed by atoms with van der Waals surface area (Å²) in [6.07, 6.45) is 0. The quantitative estimate of drug-likeness (QED) is 0.152. The van der Waals surface area contributed by atoms with Crippen LogP contribution in [0.1, 0.15) is 0 Å². The molecule has 0 unspecified atom stereocenters. The monoisotopic (exact) mass is 958 g/mol. The van der Waals surface area contributed by atoms with Gasteiger partial charge in [-0.05, 0) is 117 Å². The molecule has 0 fully saturated rings. The first kappa shape index (κ1) is 42.5. The molecule has 0 amide bonds. The molecule has 15 rings (SSSR count). The molecular formula is C69H42N4O2. The Bertz CT molecular complexity index is 4690. The van der Waals surface area contributed by atoms with Crippen molar-refractivity contribution in [3.05, 3.63) is 255 Å². The molecule has 0 atom stereocenters. The summed E-state index contributed by atoms with van der Waals surface area (Å²) < 4.78 is 15.7. The zero-order chi connectivity index (χ0) is 49.4. The predicted molar refractivity (Wildman–Crippen MR) is 307 cm³/mol. The van der Waals surface area contributed by atoms with Gasteiger partial charge in [-0.15, -0.1) is 0 Å². The van der Waals surface area contributed by atoms with Crippen LogP contribution in [0, 0.1) is 0 Å². The van der Waals surface area contributed by atoms with Gasteiger partial charge in [-0.1, -0.05) is 182 Å². The lowest BCUT2D eigenvalue weighted by atomic mass is 9.97. The number of hydrogen-bond acceptors (Lipinski definition) is 5. The number of aromatic nitrogens is 4. The highest BCUT2D eigenvalue weighted by molar-refractivity contribution is 6.15. The Labute approximate surface area is 431 Å². The minimum absolute atomic E-state index is 0.577. The summed E-state index contributed by atoms with van der Waals surface area (Å²) in [6, 6.07) is 89.4. The maximum atomic E-state index is 6.69. The van der Waals surface area contributed by atoms with Gasteiger partial charge in [0.1, 0.15) is 22.3 Å². The second-order valence-electron chi connectivity index (χ2n) is 19.1. The highest BCUT2D eigenvalue weighted by Gasteiger charge is 2.20. The predicted octanol–water partition coefficient (Wildman–Crippen LogP) is 18.4. The van der Waals surface area contributed by atoms with Crippen molar-refractivity contribution < 1.29 is 8.83 Å². The van der Waals surface area contributed by atoms with Crippen molar-refractivity contribution in [1.82, 2.24) is 19.5 Å². The van der Waals surface area contributed by atoms with E-state index in [1.165, 1.54) is 21.9 Å². The number of fused-ring (bicyclic) bond motifs is 9. The Balaban J connectivity index is 0.779. The molecular weight excluding hydrogens is 917 g/mol. The van der Waals surface area contributed by atoms with Gasteiger partial charge < -0.3 is 13.4 Å². The molecule has 6 heteroatoms. The molecule has 0 aliphatic rings. The van der Waals surface area contributed by atoms with Gasteiger partial charge >= 0.3 is 0 Å². The van der Waals surface area contributed by atoms with E-state index in [4.69, 9.17) is 23.8 Å². The van der Waals surface area contributed by atoms with Crippen molar-refractivity contribution in [2.75, 3.05) is 0 Å². The normalized spacial score (nSPS) is 11.7. The summed E-state index contributed by atoms with van der Waals surface area (Å²) in [6.45, 7) is 0. The lowest BCUT2D eigenvalue weighted by Crippen LogP contribution is -2.00. The minimum atomic E-state index is 0.577. The standard InChI is InChI=1S/C69H42N4O2/c1-4-14-43(15-5-1)45-26-28-47(29-27-45)68-70-67(46-18-8-3-9-19-46)71-69(72-68)53-31-35-56-55-34-30-52(41-64(55)75-65(56)42-53)49-21-12-20-48(38-49)51-33-37-62-58(40-51)66-61(24-13-25-63(66)74-62)73-59-23-11-10-22-54(59)57-39-50(32-36-60(57)73)44-16-6-2-7-17-44/h1-42H. The van der Waals surface area contributed by atoms with E-state index >= 15 is 0 Å². The lowest BCUT2D eigenvalue weighted by Gasteiger charge is -2.10. The average molecular weight is 959 g/mol. The summed E-state index contributed by atoms with van der Waals surface area (Å²) in [5, 5.41) is 6.66. The molecule has 0 spiro atoms. The molecule has 6 nitrogen and oxygen atoms in total. The molecule has 0 aliphatic carbocycles. The average Bonchev–Trinajstić information content (AvgIpc) is 4.20. The van der Waals surface area contributed by atoms with Gasteiger partial charge in [-0.3, -0.25) is 0 Å². The second kappa shape index (κ2) is 17.3. The highest BCUT2D eigenvalue weighted by Crippen LogP contribution is 2.42. The van der Waals surface area contributed by atoms with Crippen molar-refractivity contribution >= 4 is 65.7 Å². The molecule has 0 radical (unpaired) electrons. The summed E-state index contributed by atoms with van der Waals surface area (Å²) in [4.78, 5) is 15.1. The Morgan fingerprint density at radius 2 is 0.680 bits per heavy atom. The third-order valence-electron chi connectivity index (χ3n) is 14.7. The van der Waals surface area contributed by atoms with E-state index in [9.17, 15) is 0 Å². The largest absolute Gasteiger partial charge is 0.456 e. The Morgan fingerprint density at radius 1 is 0.240 bits per heavy atom. The van der Waals surface area contributed by atoms with Crippen LogP contribution in [0.5, 0.6) is 0 Å². The van der Waals surface area contributed by atoms with Gasteiger partial charge in [0, 0.05) is 43.6 Å². The minimum Gasteiger partial charge on any atom is -0.456 e. The number of furan rings is 2. The van der Waals surface area contributed by atoms with Crippen molar-refractivity contribution in [3.63, 3.8) is 0 Å². The van der Waals surface area contributed by atoms with Crippen molar-refractivity contribution in [2.45, 2.75) is 0 Å². The zero-order valence-electron chi connectivity index (χ0n) is 40.4. The smallest absolute Gasteiger partial charge is 0.164 e. The van der Waals surface area contributed by atoms with E-state index in [1.807, 2.05) is 42.5 Å². The maximum Gasteiger partial charge on any atom is 0.164 e. The Morgan fingerprint density at radius 3 is 1.40 bits per heavy atom. The fraction of sp³-hybridized carbons (Fsp3) is 0. The number of rotatable bonds is 8. The fourth-order valence-corrected chi connectivity index (χ4v) is 11.0. The van der Waals surface area contributed by atoms with Crippen LogP contribution in [-0.4, -0.2) is 19.5 Å². The Hall–Kier alpha value is -10.2. The van der Waals surface area contributed by atoms with E-state index in [1.54, 1.807) is 0 Å². The van der Waals surface area contributed by atoms with Gasteiger partial charge in [0.25, 0.3) is 0 Å². The van der Waals surface area contributed by atoms with E-state index in [0.717, 1.165) is 111 Å². The molecule has 4 heterocycles. The number of para-hydroxylation sites is 1. The van der Waals surface area contributed by atoms with Crippen molar-refractivity contribution in [1.29, 1.82) is 0 Å². The summed E-state index contributed by atoms with van der Waals surface area (Å²) in [7, 11) is 0. The molecule has 0 saturated carbocycles. The van der Waals surface area contributed by atoms with E-state index in [-0.39, 0.29) is 0 Å². The van der Waals surface area contributed by atoms with Gasteiger partial charge in [-0.25, -0.2) is 15.0 Å². The third kappa shape index (κ3) is 7.30. The van der Waals surface area contributed by atoms with Gasteiger partial charge in [0.2, 0.25) is 0 Å². The number of hydrogen-bond donors (Lipinski definition) is 0. The van der Waals surface area contributed by atoms with Crippen LogP contribution in [-0.2, 0) is 0 Å². The van der Waals surface area contributed by atoms with Crippen LogP contribution < -0.4 is 0 Å². The number of benzene rings is 11. The molecule has 75 heavy (non-hydrogen) atoms. The van der Waals surface area contributed by atoms with E-state index in [2.05, 4.69) is 217 Å². The summed E-state index contributed by atoms with van der Waals surface area (Å²) in [5.41, 5.74) is 18.4. The van der Waals surface area contributed by atoms with E-state index in [0.29, 0.717) is 17.5 Å². The molecule has 11 aromatic carbocycles. The maximum absolute atomic E-state index is 6.69. The topological polar surface area (TPSA) is 69.9 Å². The molecule has 0 saturated heterocycles. The molecule has 15 aromatic rings. The van der Waals surface area contributed by atoms with Gasteiger partial charge in [0.15, 0.2) is 17.5 Å². The molecule has 350 valence electrons. The van der Waals surface area contributed by atoms with Crippen LogP contribution in [0.25, 0.3) is 150 Å². The SMILES string of the molecule is c1ccc(-c2ccc(-c3nc(-c4ccccc4)nc(-c4ccc5c(c4)oc4cc(-c6cccc(-c7ccc8oc9cccc(-n%10c%11ccccc%11c%11cc(-c%12ccccc%12)ccc%11%10)c9c8c7)c6)ccc45)n3)cc2)cc1. The first-order valence-corrected chi connectivity index (χ1v) is 25.2. The zero-order valence-corrected chi connectivity index (χ0v) is 40.4. The summed E-state index contributed by atoms with van der Waals surface area (Å²) in [5.74, 6) is 1.79. The highest BCUT2D eigenvalue weighted by atomic mass is 16.3. The van der Waals surface area contributed by atoms with Gasteiger partial charge in [-0.2, -0.15) is 0 Å². The molecule has 0 aliphatic heterocycles. The van der Waals surface area contributed by atoms with Gasteiger partial charge in [0.05, 0.1) is 22.1 Å². The second-order valence-corrected chi connectivity index (χ2v) is 19.1. The van der Waals surface area contributed by atoms with Crippen molar-refractivity contribution in [2.24, 2.45) is 0 Å². The molecule has 0 bridgehead atoms.